The molecule has 2 aromatic rings. The molecule has 1 N–H and O–H groups in total. The molecule has 0 fully saturated rings. The number of rotatable bonds is 2. The zero-order valence-corrected chi connectivity index (χ0v) is 8.24. The maximum atomic E-state index is 13.5. The van der Waals surface area contributed by atoms with Gasteiger partial charge in [-0.2, -0.15) is 0 Å². The molecule has 0 unspecified atom stereocenters. The van der Waals surface area contributed by atoms with E-state index in [1.54, 1.807) is 37.8 Å². The van der Waals surface area contributed by atoms with Gasteiger partial charge >= 0.3 is 0 Å². The van der Waals surface area contributed by atoms with Crippen molar-refractivity contribution in [3.8, 4) is 11.3 Å². The summed E-state index contributed by atoms with van der Waals surface area (Å²) in [5.41, 5.74) is 1.81. The summed E-state index contributed by atoms with van der Waals surface area (Å²) in [5, 5.41) is 2.95. The van der Waals surface area contributed by atoms with E-state index in [1.807, 2.05) is 0 Å². The van der Waals surface area contributed by atoms with E-state index in [1.165, 1.54) is 6.07 Å². The normalized spacial score (nSPS) is 10.0. The second kappa shape index (κ2) is 4.04. The van der Waals surface area contributed by atoms with Gasteiger partial charge in [-0.15, -0.1) is 0 Å². The Morgan fingerprint density at radius 3 is 2.87 bits per heavy atom. The largest absolute Gasteiger partial charge is 0.386 e. The van der Waals surface area contributed by atoms with Crippen LogP contribution in [0.15, 0.2) is 36.8 Å². The number of halogens is 1. The molecule has 4 heteroatoms. The number of pyridine rings is 2. The summed E-state index contributed by atoms with van der Waals surface area (Å²) in [4.78, 5) is 7.97. The van der Waals surface area contributed by atoms with Gasteiger partial charge in [0, 0.05) is 25.0 Å². The summed E-state index contributed by atoms with van der Waals surface area (Å²) in [5.74, 6) is -0.333. The summed E-state index contributed by atoms with van der Waals surface area (Å²) >= 11 is 0. The Kier molecular flexibility index (Phi) is 2.58. The predicted octanol–water partition coefficient (Wildman–Crippen LogP) is 2.32. The molecule has 0 atom stereocenters. The second-order valence-corrected chi connectivity index (χ2v) is 3.01. The Bertz CT molecular complexity index is 471. The van der Waals surface area contributed by atoms with E-state index < -0.39 is 0 Å². The molecule has 0 amide bonds. The van der Waals surface area contributed by atoms with Gasteiger partial charge in [-0.3, -0.25) is 9.97 Å². The lowest BCUT2D eigenvalue weighted by molar-refractivity contribution is 0.626. The molecule has 2 heterocycles. The van der Waals surface area contributed by atoms with E-state index >= 15 is 0 Å². The van der Waals surface area contributed by atoms with Crippen molar-refractivity contribution >= 4 is 5.69 Å². The fourth-order valence-electron chi connectivity index (χ4n) is 1.38. The molecule has 15 heavy (non-hydrogen) atoms. The Morgan fingerprint density at radius 1 is 1.27 bits per heavy atom. The number of nitrogens with one attached hydrogen (secondary N) is 1. The highest BCUT2D eigenvalue weighted by Crippen LogP contribution is 2.26. The second-order valence-electron chi connectivity index (χ2n) is 3.01. The van der Waals surface area contributed by atoms with Crippen molar-refractivity contribution in [1.82, 2.24) is 9.97 Å². The van der Waals surface area contributed by atoms with Crippen LogP contribution in [0.1, 0.15) is 0 Å². The predicted molar refractivity (Wildman–Crippen MR) is 57.0 cm³/mol. The first-order valence-electron chi connectivity index (χ1n) is 4.55. The Balaban J connectivity index is 2.59. The molecule has 0 saturated heterocycles. The summed E-state index contributed by atoms with van der Waals surface area (Å²) in [6, 6.07) is 4.69. The van der Waals surface area contributed by atoms with Crippen LogP contribution in [0.25, 0.3) is 11.3 Å². The number of aromatic nitrogens is 2. The number of hydrogen-bond acceptors (Lipinski definition) is 3. The molecule has 0 saturated carbocycles. The summed E-state index contributed by atoms with van der Waals surface area (Å²) in [6.07, 6.45) is 4.83. The van der Waals surface area contributed by atoms with Crippen molar-refractivity contribution in [2.45, 2.75) is 0 Å². The number of anilines is 1. The van der Waals surface area contributed by atoms with E-state index in [2.05, 4.69) is 15.3 Å². The third kappa shape index (κ3) is 1.79. The third-order valence-electron chi connectivity index (χ3n) is 2.10. The van der Waals surface area contributed by atoms with Crippen LogP contribution in [0.4, 0.5) is 10.1 Å². The first-order chi connectivity index (χ1) is 7.33. The van der Waals surface area contributed by atoms with E-state index in [0.717, 1.165) is 5.69 Å². The van der Waals surface area contributed by atoms with Crippen LogP contribution in [-0.2, 0) is 0 Å². The molecular weight excluding hydrogens is 193 g/mol. The minimum atomic E-state index is -0.333. The zero-order chi connectivity index (χ0) is 10.7. The molecule has 0 aliphatic rings. The lowest BCUT2D eigenvalue weighted by atomic mass is 10.1. The van der Waals surface area contributed by atoms with E-state index in [-0.39, 0.29) is 5.82 Å². The minimum Gasteiger partial charge on any atom is -0.386 e. The van der Waals surface area contributed by atoms with Crippen LogP contribution in [0.5, 0.6) is 0 Å². The molecule has 0 aromatic carbocycles. The fraction of sp³-hybridized carbons (Fsp3) is 0.0909. The van der Waals surface area contributed by atoms with Crippen molar-refractivity contribution in [2.75, 3.05) is 12.4 Å². The lowest BCUT2D eigenvalue weighted by Crippen LogP contribution is -1.96. The van der Waals surface area contributed by atoms with Crippen molar-refractivity contribution in [3.63, 3.8) is 0 Å². The van der Waals surface area contributed by atoms with Gasteiger partial charge in [-0.1, -0.05) is 0 Å². The van der Waals surface area contributed by atoms with Gasteiger partial charge in [0.2, 0.25) is 0 Å². The molecule has 2 rings (SSSR count). The first-order valence-corrected chi connectivity index (χ1v) is 4.55. The van der Waals surface area contributed by atoms with Gasteiger partial charge in [0.15, 0.2) is 0 Å². The molecule has 0 bridgehead atoms. The first kappa shape index (κ1) is 9.58. The third-order valence-corrected chi connectivity index (χ3v) is 2.10. The fourth-order valence-corrected chi connectivity index (χ4v) is 1.38. The van der Waals surface area contributed by atoms with Gasteiger partial charge in [0.25, 0.3) is 0 Å². The average Bonchev–Trinajstić information content (AvgIpc) is 2.30. The standard InChI is InChI=1S/C11H10FN3/c1-13-10-7-14-6-4-8(10)11-9(12)3-2-5-15-11/h2-7,13H,1H3. The highest BCUT2D eigenvalue weighted by molar-refractivity contribution is 5.74. The molecule has 3 nitrogen and oxygen atoms in total. The Morgan fingerprint density at radius 2 is 2.13 bits per heavy atom. The van der Waals surface area contributed by atoms with Crippen LogP contribution in [-0.4, -0.2) is 17.0 Å². The molecular formula is C11H10FN3. The van der Waals surface area contributed by atoms with Crippen molar-refractivity contribution < 1.29 is 4.39 Å². The van der Waals surface area contributed by atoms with Gasteiger partial charge < -0.3 is 5.32 Å². The maximum absolute atomic E-state index is 13.5. The van der Waals surface area contributed by atoms with E-state index in [4.69, 9.17) is 0 Å². The van der Waals surface area contributed by atoms with Gasteiger partial charge in [-0.25, -0.2) is 4.39 Å². The zero-order valence-electron chi connectivity index (χ0n) is 8.24. The minimum absolute atomic E-state index is 0.333. The number of hydrogen-bond donors (Lipinski definition) is 1. The maximum Gasteiger partial charge on any atom is 0.149 e. The topological polar surface area (TPSA) is 37.8 Å². The van der Waals surface area contributed by atoms with Crippen molar-refractivity contribution in [2.24, 2.45) is 0 Å². The summed E-state index contributed by atoms with van der Waals surface area (Å²) in [6.45, 7) is 0. The van der Waals surface area contributed by atoms with E-state index in [9.17, 15) is 4.39 Å². The van der Waals surface area contributed by atoms with E-state index in [0.29, 0.717) is 11.3 Å². The van der Waals surface area contributed by atoms with Crippen LogP contribution < -0.4 is 5.32 Å². The van der Waals surface area contributed by atoms with Gasteiger partial charge in [-0.05, 0) is 18.2 Å². The summed E-state index contributed by atoms with van der Waals surface area (Å²) in [7, 11) is 1.77. The van der Waals surface area contributed by atoms with Crippen LogP contribution >= 0.6 is 0 Å². The van der Waals surface area contributed by atoms with Crippen LogP contribution in [0.2, 0.25) is 0 Å². The summed E-state index contributed by atoms with van der Waals surface area (Å²) < 4.78 is 13.5. The van der Waals surface area contributed by atoms with Crippen LogP contribution in [0, 0.1) is 5.82 Å². The monoisotopic (exact) mass is 203 g/mol. The molecule has 0 spiro atoms. The lowest BCUT2D eigenvalue weighted by Gasteiger charge is -2.07. The molecule has 0 aliphatic heterocycles. The highest BCUT2D eigenvalue weighted by atomic mass is 19.1. The van der Waals surface area contributed by atoms with Crippen LogP contribution in [0.3, 0.4) is 0 Å². The van der Waals surface area contributed by atoms with Crippen molar-refractivity contribution in [3.05, 3.63) is 42.6 Å². The van der Waals surface area contributed by atoms with Gasteiger partial charge in [0.05, 0.1) is 11.9 Å². The molecule has 2 aromatic heterocycles. The highest BCUT2D eigenvalue weighted by Gasteiger charge is 2.09. The SMILES string of the molecule is CNc1cnccc1-c1ncccc1F. The molecule has 0 radical (unpaired) electrons. The van der Waals surface area contributed by atoms with Gasteiger partial charge in [0.1, 0.15) is 11.5 Å². The number of nitrogens with zero attached hydrogens (tertiary/aromatic N) is 2. The van der Waals surface area contributed by atoms with Crippen molar-refractivity contribution in [1.29, 1.82) is 0 Å². The quantitative estimate of drug-likeness (QED) is 0.813. The average molecular weight is 203 g/mol. The Hall–Kier alpha value is -1.97. The molecule has 76 valence electrons. The molecule has 0 aliphatic carbocycles. The Labute approximate surface area is 87.0 Å². The smallest absolute Gasteiger partial charge is 0.149 e.